The highest BCUT2D eigenvalue weighted by Crippen LogP contribution is 2.19. The SMILES string of the molecule is COCCNC(=O)c1ccccc1NC(=O)c1ccc(CS(=O)(=O)N2CCCC2)cc1. The van der Waals surface area contributed by atoms with E-state index in [1.807, 2.05) is 0 Å². The predicted molar refractivity (Wildman–Crippen MR) is 118 cm³/mol. The van der Waals surface area contributed by atoms with E-state index in [9.17, 15) is 18.0 Å². The third-order valence-corrected chi connectivity index (χ3v) is 6.89. The number of sulfonamides is 1. The van der Waals surface area contributed by atoms with Crippen molar-refractivity contribution in [2.75, 3.05) is 38.7 Å². The Morgan fingerprint density at radius 1 is 1.00 bits per heavy atom. The Kier molecular flexibility index (Phi) is 7.78. The van der Waals surface area contributed by atoms with E-state index in [1.165, 1.54) is 4.31 Å². The van der Waals surface area contributed by atoms with Crippen molar-refractivity contribution in [3.63, 3.8) is 0 Å². The Labute approximate surface area is 182 Å². The third kappa shape index (κ3) is 6.13. The quantitative estimate of drug-likeness (QED) is 0.576. The highest BCUT2D eigenvalue weighted by atomic mass is 32.2. The van der Waals surface area contributed by atoms with Gasteiger partial charge < -0.3 is 15.4 Å². The summed E-state index contributed by atoms with van der Waals surface area (Å²) in [5.74, 6) is -0.777. The van der Waals surface area contributed by atoms with Crippen LogP contribution in [0.2, 0.25) is 0 Å². The average Bonchev–Trinajstić information content (AvgIpc) is 3.30. The zero-order valence-electron chi connectivity index (χ0n) is 17.5. The Morgan fingerprint density at radius 2 is 1.68 bits per heavy atom. The maximum absolute atomic E-state index is 12.7. The zero-order chi connectivity index (χ0) is 22.3. The molecular weight excluding hydrogens is 418 g/mol. The van der Waals surface area contributed by atoms with Gasteiger partial charge in [0.25, 0.3) is 11.8 Å². The van der Waals surface area contributed by atoms with Gasteiger partial charge in [-0.3, -0.25) is 9.59 Å². The maximum atomic E-state index is 12.7. The largest absolute Gasteiger partial charge is 0.383 e. The summed E-state index contributed by atoms with van der Waals surface area (Å²) in [4.78, 5) is 25.0. The number of hydrogen-bond donors (Lipinski definition) is 2. The minimum atomic E-state index is -3.34. The van der Waals surface area contributed by atoms with Crippen LogP contribution < -0.4 is 10.6 Å². The monoisotopic (exact) mass is 445 g/mol. The number of benzene rings is 2. The van der Waals surface area contributed by atoms with Crippen LogP contribution in [0.1, 0.15) is 39.1 Å². The standard InChI is InChI=1S/C22H27N3O5S/c1-30-15-12-23-22(27)19-6-2-3-7-20(19)24-21(26)18-10-8-17(9-11-18)16-31(28,29)25-13-4-5-14-25/h2-3,6-11H,4-5,12-16H2,1H3,(H,23,27)(H,24,26). The number of anilines is 1. The van der Waals surface area contributed by atoms with Crippen LogP contribution in [0.3, 0.4) is 0 Å². The summed E-state index contributed by atoms with van der Waals surface area (Å²) in [6.07, 6.45) is 1.79. The van der Waals surface area contributed by atoms with Crippen LogP contribution in [0.15, 0.2) is 48.5 Å². The number of ether oxygens (including phenoxy) is 1. The van der Waals surface area contributed by atoms with Gasteiger partial charge in [-0.05, 0) is 42.7 Å². The smallest absolute Gasteiger partial charge is 0.255 e. The molecule has 0 atom stereocenters. The van der Waals surface area contributed by atoms with E-state index in [2.05, 4.69) is 10.6 Å². The first-order valence-corrected chi connectivity index (χ1v) is 11.8. The van der Waals surface area contributed by atoms with E-state index in [-0.39, 0.29) is 17.6 Å². The Bertz CT molecular complexity index is 1020. The molecular formula is C22H27N3O5S. The first-order chi connectivity index (χ1) is 14.9. The van der Waals surface area contributed by atoms with Crippen molar-refractivity contribution >= 4 is 27.5 Å². The van der Waals surface area contributed by atoms with Gasteiger partial charge in [0, 0.05) is 32.3 Å². The highest BCUT2D eigenvalue weighted by molar-refractivity contribution is 7.88. The highest BCUT2D eigenvalue weighted by Gasteiger charge is 2.25. The molecule has 3 rings (SSSR count). The molecule has 166 valence electrons. The lowest BCUT2D eigenvalue weighted by Crippen LogP contribution is -2.29. The van der Waals surface area contributed by atoms with Crippen LogP contribution in [0.4, 0.5) is 5.69 Å². The predicted octanol–water partition coefficient (Wildman–Crippen LogP) is 2.24. The molecule has 1 aliphatic rings. The first kappa shape index (κ1) is 22.9. The van der Waals surface area contributed by atoms with Gasteiger partial charge in [-0.1, -0.05) is 24.3 Å². The number of para-hydroxylation sites is 1. The topological polar surface area (TPSA) is 105 Å². The Balaban J connectivity index is 1.65. The van der Waals surface area contributed by atoms with Gasteiger partial charge >= 0.3 is 0 Å². The summed E-state index contributed by atoms with van der Waals surface area (Å²) in [5, 5.41) is 5.48. The van der Waals surface area contributed by atoms with Crippen molar-refractivity contribution in [2.45, 2.75) is 18.6 Å². The van der Waals surface area contributed by atoms with Gasteiger partial charge in [0.05, 0.1) is 23.6 Å². The van der Waals surface area contributed by atoms with Gasteiger partial charge in [0.2, 0.25) is 10.0 Å². The zero-order valence-corrected chi connectivity index (χ0v) is 18.3. The summed E-state index contributed by atoms with van der Waals surface area (Å²) in [5.41, 5.74) is 1.74. The molecule has 1 heterocycles. The van der Waals surface area contributed by atoms with E-state index < -0.39 is 10.0 Å². The lowest BCUT2D eigenvalue weighted by atomic mass is 10.1. The molecule has 0 saturated carbocycles. The first-order valence-electron chi connectivity index (χ1n) is 10.1. The third-order valence-electron chi connectivity index (χ3n) is 5.04. The molecule has 1 fully saturated rings. The minimum absolute atomic E-state index is 0.0840. The fourth-order valence-electron chi connectivity index (χ4n) is 3.37. The van der Waals surface area contributed by atoms with Gasteiger partial charge in [0.15, 0.2) is 0 Å². The molecule has 0 aromatic heterocycles. The molecule has 2 N–H and O–H groups in total. The van der Waals surface area contributed by atoms with Gasteiger partial charge in [-0.2, -0.15) is 0 Å². The second kappa shape index (κ2) is 10.5. The van der Waals surface area contributed by atoms with Crippen LogP contribution in [-0.2, 0) is 20.5 Å². The molecule has 2 amide bonds. The fraction of sp³-hybridized carbons (Fsp3) is 0.364. The van der Waals surface area contributed by atoms with Gasteiger partial charge in [-0.15, -0.1) is 0 Å². The van der Waals surface area contributed by atoms with Crippen molar-refractivity contribution < 1.29 is 22.7 Å². The molecule has 0 aliphatic carbocycles. The number of nitrogens with one attached hydrogen (secondary N) is 2. The normalized spacial score (nSPS) is 14.4. The van der Waals surface area contributed by atoms with Crippen molar-refractivity contribution in [2.24, 2.45) is 0 Å². The maximum Gasteiger partial charge on any atom is 0.255 e. The fourth-order valence-corrected chi connectivity index (χ4v) is 4.98. The van der Waals surface area contributed by atoms with Crippen molar-refractivity contribution in [3.8, 4) is 0 Å². The molecule has 0 bridgehead atoms. The number of carbonyl (C=O) groups is 2. The van der Waals surface area contributed by atoms with E-state index in [1.54, 1.807) is 55.6 Å². The second-order valence-corrected chi connectivity index (χ2v) is 9.28. The lowest BCUT2D eigenvalue weighted by molar-refractivity contribution is 0.0938. The number of hydrogen-bond acceptors (Lipinski definition) is 5. The van der Waals surface area contributed by atoms with Crippen LogP contribution in [0, 0.1) is 0 Å². The number of carbonyl (C=O) groups excluding carboxylic acids is 2. The molecule has 1 saturated heterocycles. The number of methoxy groups -OCH3 is 1. The Morgan fingerprint density at radius 3 is 2.35 bits per heavy atom. The summed E-state index contributed by atoms with van der Waals surface area (Å²) in [7, 11) is -1.79. The second-order valence-electron chi connectivity index (χ2n) is 7.31. The Hall–Kier alpha value is -2.75. The summed E-state index contributed by atoms with van der Waals surface area (Å²) >= 11 is 0. The minimum Gasteiger partial charge on any atom is -0.383 e. The molecule has 0 radical (unpaired) electrons. The number of nitrogens with zero attached hydrogens (tertiary/aromatic N) is 1. The van der Waals surface area contributed by atoms with Crippen molar-refractivity contribution in [1.82, 2.24) is 9.62 Å². The molecule has 0 spiro atoms. The lowest BCUT2D eigenvalue weighted by Gasteiger charge is -2.15. The molecule has 2 aromatic rings. The summed E-state index contributed by atoms with van der Waals surface area (Å²) in [6.45, 7) is 1.89. The molecule has 31 heavy (non-hydrogen) atoms. The van der Waals surface area contributed by atoms with Crippen molar-refractivity contribution in [1.29, 1.82) is 0 Å². The van der Waals surface area contributed by atoms with Crippen LogP contribution >= 0.6 is 0 Å². The summed E-state index contributed by atoms with van der Waals surface area (Å²) in [6, 6.07) is 13.2. The van der Waals surface area contributed by atoms with E-state index in [0.717, 1.165) is 12.8 Å². The van der Waals surface area contributed by atoms with Crippen LogP contribution in [0.25, 0.3) is 0 Å². The van der Waals surface area contributed by atoms with Crippen molar-refractivity contribution in [3.05, 3.63) is 65.2 Å². The van der Waals surface area contributed by atoms with Gasteiger partial charge in [-0.25, -0.2) is 12.7 Å². The molecule has 9 heteroatoms. The summed E-state index contributed by atoms with van der Waals surface area (Å²) < 4.78 is 31.4. The van der Waals surface area contributed by atoms with Gasteiger partial charge in [0.1, 0.15) is 0 Å². The molecule has 2 aromatic carbocycles. The molecule has 1 aliphatic heterocycles. The van der Waals surface area contributed by atoms with E-state index in [4.69, 9.17) is 4.74 Å². The molecule has 0 unspecified atom stereocenters. The average molecular weight is 446 g/mol. The number of amides is 2. The van der Waals surface area contributed by atoms with E-state index in [0.29, 0.717) is 48.6 Å². The van der Waals surface area contributed by atoms with Crippen LogP contribution in [0.5, 0.6) is 0 Å². The van der Waals surface area contributed by atoms with E-state index >= 15 is 0 Å². The number of rotatable bonds is 9. The van der Waals surface area contributed by atoms with Crippen LogP contribution in [-0.4, -0.2) is 57.9 Å². The molecule has 8 nitrogen and oxygen atoms in total.